The number of hydrogen-bond acceptors (Lipinski definition) is 6. The van der Waals surface area contributed by atoms with Crippen LogP contribution < -0.4 is 15.4 Å². The number of fused-ring (bicyclic) bond motifs is 2. The van der Waals surface area contributed by atoms with Gasteiger partial charge in [-0.15, -0.1) is 0 Å². The second kappa shape index (κ2) is 5.58. The lowest BCUT2D eigenvalue weighted by atomic mass is 9.77. The smallest absolute Gasteiger partial charge is 0.252 e. The Labute approximate surface area is 140 Å². The van der Waals surface area contributed by atoms with Crippen LogP contribution >= 0.6 is 0 Å². The van der Waals surface area contributed by atoms with Gasteiger partial charge in [0.1, 0.15) is 5.82 Å². The van der Waals surface area contributed by atoms with E-state index in [-0.39, 0.29) is 11.0 Å². The molecule has 4 rings (SSSR count). The summed E-state index contributed by atoms with van der Waals surface area (Å²) in [6.45, 7) is 1.79. The molecular weight excluding hydrogens is 304 g/mol. The van der Waals surface area contributed by atoms with Crippen LogP contribution in [0.5, 0.6) is 0 Å². The third-order valence-corrected chi connectivity index (χ3v) is 5.19. The van der Waals surface area contributed by atoms with E-state index in [0.717, 1.165) is 50.5 Å². The molecule has 1 aliphatic carbocycles. The zero-order valence-electron chi connectivity index (χ0n) is 14.1. The van der Waals surface area contributed by atoms with Gasteiger partial charge in [-0.05, 0) is 31.2 Å². The number of anilines is 2. The van der Waals surface area contributed by atoms with Crippen molar-refractivity contribution in [2.24, 2.45) is 0 Å². The Bertz CT molecular complexity index is 813. The molecule has 1 N–H and O–H groups in total. The summed E-state index contributed by atoms with van der Waals surface area (Å²) < 4.78 is 0. The monoisotopic (exact) mass is 326 g/mol. The van der Waals surface area contributed by atoms with Crippen molar-refractivity contribution < 1.29 is 0 Å². The van der Waals surface area contributed by atoms with Crippen LogP contribution in [0.2, 0.25) is 0 Å². The number of piperidine rings is 1. The quantitative estimate of drug-likeness (QED) is 0.891. The van der Waals surface area contributed by atoms with Crippen molar-refractivity contribution in [1.29, 1.82) is 0 Å². The van der Waals surface area contributed by atoms with Gasteiger partial charge in [0, 0.05) is 44.9 Å². The molecule has 2 aliphatic rings. The highest BCUT2D eigenvalue weighted by Crippen LogP contribution is 2.44. The van der Waals surface area contributed by atoms with Crippen LogP contribution in [-0.2, 0) is 11.8 Å². The number of nitrogens with zero attached hydrogens (tertiary/aromatic N) is 5. The molecule has 0 saturated carbocycles. The number of aromatic nitrogens is 4. The molecule has 1 fully saturated rings. The Balaban J connectivity index is 1.70. The zero-order chi connectivity index (χ0) is 16.7. The Kier molecular flexibility index (Phi) is 3.51. The Hall–Kier alpha value is -2.44. The van der Waals surface area contributed by atoms with Crippen molar-refractivity contribution in [3.63, 3.8) is 0 Å². The number of hydrogen-bond donors (Lipinski definition) is 1. The second-order valence-corrected chi connectivity index (χ2v) is 7.01. The number of rotatable bonds is 2. The predicted octanol–water partition coefficient (Wildman–Crippen LogP) is 1.11. The van der Waals surface area contributed by atoms with Crippen LogP contribution in [0.15, 0.2) is 23.4 Å². The van der Waals surface area contributed by atoms with Gasteiger partial charge >= 0.3 is 0 Å². The molecule has 0 aromatic carbocycles. The molecule has 1 atom stereocenters. The van der Waals surface area contributed by atoms with E-state index < -0.39 is 0 Å². The zero-order valence-corrected chi connectivity index (χ0v) is 14.1. The molecule has 3 heterocycles. The first-order chi connectivity index (χ1) is 11.6. The predicted molar refractivity (Wildman–Crippen MR) is 92.7 cm³/mol. The molecule has 0 bridgehead atoms. The van der Waals surface area contributed by atoms with E-state index >= 15 is 0 Å². The molecule has 1 unspecified atom stereocenters. The fraction of sp³-hybridized carbons (Fsp3) is 0.529. The van der Waals surface area contributed by atoms with E-state index in [1.54, 1.807) is 6.07 Å². The maximum absolute atomic E-state index is 11.6. The van der Waals surface area contributed by atoms with Crippen LogP contribution in [0.4, 0.5) is 11.8 Å². The van der Waals surface area contributed by atoms with E-state index in [1.165, 1.54) is 17.6 Å². The Morgan fingerprint density at radius 3 is 2.96 bits per heavy atom. The van der Waals surface area contributed by atoms with Crippen molar-refractivity contribution in [2.45, 2.75) is 31.1 Å². The van der Waals surface area contributed by atoms with E-state index in [1.807, 2.05) is 25.2 Å². The molecule has 126 valence electrons. The number of aromatic amines is 1. The van der Waals surface area contributed by atoms with Crippen LogP contribution in [-0.4, -0.2) is 47.1 Å². The highest BCUT2D eigenvalue weighted by Gasteiger charge is 2.44. The highest BCUT2D eigenvalue weighted by atomic mass is 16.1. The normalized spacial score (nSPS) is 22.7. The number of nitrogens with one attached hydrogen (secondary N) is 1. The van der Waals surface area contributed by atoms with Crippen LogP contribution in [0.25, 0.3) is 0 Å². The Morgan fingerprint density at radius 1 is 1.29 bits per heavy atom. The third kappa shape index (κ3) is 2.44. The molecule has 1 spiro atoms. The van der Waals surface area contributed by atoms with Gasteiger partial charge in [0.15, 0.2) is 0 Å². The van der Waals surface area contributed by atoms with Gasteiger partial charge in [0.25, 0.3) is 5.56 Å². The number of aryl methyl sites for hydroxylation is 1. The molecule has 2 aromatic rings. The number of H-pyrrole nitrogens is 1. The van der Waals surface area contributed by atoms with Gasteiger partial charge in [-0.1, -0.05) is 0 Å². The molecule has 7 heteroatoms. The van der Waals surface area contributed by atoms with E-state index in [2.05, 4.69) is 19.9 Å². The second-order valence-electron chi connectivity index (χ2n) is 7.01. The maximum atomic E-state index is 11.6. The summed E-state index contributed by atoms with van der Waals surface area (Å²) in [7, 11) is 3.94. The molecule has 2 aromatic heterocycles. The average Bonchev–Trinajstić information content (AvgIpc) is 2.92. The molecule has 0 amide bonds. The first kappa shape index (κ1) is 15.1. The van der Waals surface area contributed by atoms with Crippen molar-refractivity contribution in [3.05, 3.63) is 40.2 Å². The maximum Gasteiger partial charge on any atom is 0.252 e. The molecule has 24 heavy (non-hydrogen) atoms. The third-order valence-electron chi connectivity index (χ3n) is 5.19. The lowest BCUT2D eigenvalue weighted by Crippen LogP contribution is -2.46. The van der Waals surface area contributed by atoms with Crippen LogP contribution in [0.3, 0.4) is 0 Å². The average molecular weight is 326 g/mol. The minimum atomic E-state index is -0.108. The van der Waals surface area contributed by atoms with Crippen LogP contribution in [0, 0.1) is 0 Å². The standard InChI is InChI=1S/C17H22N6O/c1-22(2)16-18-9-12-4-6-17(15(12)21-16)5-3-7-23(10-17)13-8-14(24)20-11-19-13/h8-9,11H,3-7,10H2,1-2H3,(H,19,20,24). The van der Waals surface area contributed by atoms with Crippen molar-refractivity contribution in [3.8, 4) is 0 Å². The lowest BCUT2D eigenvalue weighted by molar-refractivity contribution is 0.333. The topological polar surface area (TPSA) is 78.0 Å². The van der Waals surface area contributed by atoms with Crippen molar-refractivity contribution in [1.82, 2.24) is 19.9 Å². The fourth-order valence-electron chi connectivity index (χ4n) is 4.00. The molecule has 1 saturated heterocycles. The molecular formula is C17H22N6O. The lowest BCUT2D eigenvalue weighted by Gasteiger charge is -2.41. The van der Waals surface area contributed by atoms with E-state index in [0.29, 0.717) is 0 Å². The summed E-state index contributed by atoms with van der Waals surface area (Å²) in [6, 6.07) is 1.58. The van der Waals surface area contributed by atoms with E-state index in [4.69, 9.17) is 4.98 Å². The van der Waals surface area contributed by atoms with Crippen molar-refractivity contribution in [2.75, 3.05) is 37.0 Å². The van der Waals surface area contributed by atoms with Crippen LogP contribution in [0.1, 0.15) is 30.5 Å². The SMILES string of the molecule is CN(C)c1ncc2c(n1)C1(CCCN(c3cc(=O)[nH]cn3)C1)CC2. The summed E-state index contributed by atoms with van der Waals surface area (Å²) >= 11 is 0. The summed E-state index contributed by atoms with van der Waals surface area (Å²) in [4.78, 5) is 32.1. The summed E-state index contributed by atoms with van der Waals surface area (Å²) in [5.74, 6) is 1.52. The van der Waals surface area contributed by atoms with Gasteiger partial charge in [-0.2, -0.15) is 0 Å². The minimum Gasteiger partial charge on any atom is -0.355 e. The molecule has 0 radical (unpaired) electrons. The van der Waals surface area contributed by atoms with Gasteiger partial charge in [0.2, 0.25) is 5.95 Å². The highest BCUT2D eigenvalue weighted by molar-refractivity contribution is 5.44. The van der Waals surface area contributed by atoms with Gasteiger partial charge in [0.05, 0.1) is 12.0 Å². The first-order valence-corrected chi connectivity index (χ1v) is 8.41. The Morgan fingerprint density at radius 2 is 2.17 bits per heavy atom. The summed E-state index contributed by atoms with van der Waals surface area (Å²) in [6.07, 6.45) is 7.79. The molecule has 1 aliphatic heterocycles. The van der Waals surface area contributed by atoms with Crippen molar-refractivity contribution >= 4 is 11.8 Å². The summed E-state index contributed by atoms with van der Waals surface area (Å²) in [5.41, 5.74) is 2.40. The fourth-order valence-corrected chi connectivity index (χ4v) is 4.00. The first-order valence-electron chi connectivity index (χ1n) is 8.41. The summed E-state index contributed by atoms with van der Waals surface area (Å²) in [5, 5.41) is 0. The largest absolute Gasteiger partial charge is 0.355 e. The van der Waals surface area contributed by atoms with E-state index in [9.17, 15) is 4.79 Å². The van der Waals surface area contributed by atoms with Gasteiger partial charge < -0.3 is 14.8 Å². The van der Waals surface area contributed by atoms with Gasteiger partial charge in [-0.3, -0.25) is 4.79 Å². The minimum absolute atomic E-state index is 0.0472. The van der Waals surface area contributed by atoms with Gasteiger partial charge in [-0.25, -0.2) is 15.0 Å². The molecule has 7 nitrogen and oxygen atoms in total.